The van der Waals surface area contributed by atoms with Gasteiger partial charge in [-0.05, 0) is 58.6 Å². The number of hydrogen-bond donors (Lipinski definition) is 3. The lowest BCUT2D eigenvalue weighted by Gasteiger charge is -2.36. The quantitative estimate of drug-likeness (QED) is 0.644. The van der Waals surface area contributed by atoms with Crippen molar-refractivity contribution >= 4 is 23.4 Å². The Morgan fingerprint density at radius 2 is 2.07 bits per heavy atom. The summed E-state index contributed by atoms with van der Waals surface area (Å²) in [5, 5.41) is 11.2. The van der Waals surface area contributed by atoms with E-state index in [4.69, 9.17) is 15.9 Å². The third-order valence-corrected chi connectivity index (χ3v) is 5.56. The van der Waals surface area contributed by atoms with Gasteiger partial charge in [-0.2, -0.15) is 0 Å². The number of allylic oxidation sites excluding steroid dienone is 1. The highest BCUT2D eigenvalue weighted by molar-refractivity contribution is 6.09. The number of rotatable bonds is 7. The lowest BCUT2D eigenvalue weighted by Crippen LogP contribution is -2.44. The maximum Gasteiger partial charge on any atom is 0.261 e. The Hall–Kier alpha value is -2.50. The van der Waals surface area contributed by atoms with Crippen LogP contribution in [0.25, 0.3) is 5.57 Å². The first-order valence-corrected chi connectivity index (χ1v) is 9.59. The Labute approximate surface area is 161 Å². The van der Waals surface area contributed by atoms with Gasteiger partial charge in [-0.25, -0.2) is 0 Å². The number of hydrogen-bond acceptors (Lipinski definition) is 5. The maximum absolute atomic E-state index is 11.9. The van der Waals surface area contributed by atoms with Crippen molar-refractivity contribution in [3.05, 3.63) is 29.5 Å². The summed E-state index contributed by atoms with van der Waals surface area (Å²) in [6.07, 6.45) is 7.39. The lowest BCUT2D eigenvalue weighted by molar-refractivity contribution is -0.130. The van der Waals surface area contributed by atoms with E-state index in [1.807, 2.05) is 12.3 Å². The highest BCUT2D eigenvalue weighted by atomic mass is 16.5. The highest BCUT2D eigenvalue weighted by Gasteiger charge is 2.32. The minimum Gasteiger partial charge on any atom is -0.477 e. The van der Waals surface area contributed by atoms with Crippen molar-refractivity contribution in [1.82, 2.24) is 5.32 Å². The normalized spacial score (nSPS) is 20.1. The molecule has 27 heavy (non-hydrogen) atoms. The largest absolute Gasteiger partial charge is 0.477 e. The van der Waals surface area contributed by atoms with Crippen molar-refractivity contribution < 1.29 is 9.53 Å². The van der Waals surface area contributed by atoms with Gasteiger partial charge in [0, 0.05) is 53.9 Å². The fraction of sp³-hybridized carbons (Fsp3) is 0.524. The molecule has 6 heteroatoms. The predicted octanol–water partition coefficient (Wildman–Crippen LogP) is 2.84. The molecule has 2 aliphatic rings. The topological polar surface area (TPSA) is 91.4 Å². The van der Waals surface area contributed by atoms with Crippen molar-refractivity contribution in [2.45, 2.75) is 64.1 Å². The summed E-state index contributed by atoms with van der Waals surface area (Å²) in [7, 11) is 2.08. The van der Waals surface area contributed by atoms with Crippen LogP contribution in [0.1, 0.15) is 51.2 Å². The third-order valence-electron chi connectivity index (χ3n) is 5.56. The van der Waals surface area contributed by atoms with Gasteiger partial charge in [0.2, 0.25) is 0 Å². The monoisotopic (exact) mass is 370 g/mol. The maximum atomic E-state index is 11.9. The van der Waals surface area contributed by atoms with Gasteiger partial charge in [0.15, 0.2) is 5.60 Å². The number of anilines is 1. The molecule has 0 bridgehead atoms. The second-order valence-electron chi connectivity index (χ2n) is 8.10. The summed E-state index contributed by atoms with van der Waals surface area (Å²) in [5.41, 5.74) is 8.15. The number of carbonyl (C=O) groups is 1. The highest BCUT2D eigenvalue weighted by Crippen LogP contribution is 2.41. The van der Waals surface area contributed by atoms with E-state index >= 15 is 0 Å². The van der Waals surface area contributed by atoms with Gasteiger partial charge < -0.3 is 26.1 Å². The van der Waals surface area contributed by atoms with Crippen LogP contribution in [0.15, 0.2) is 18.3 Å². The van der Waals surface area contributed by atoms with E-state index < -0.39 is 11.5 Å². The van der Waals surface area contributed by atoms with Crippen LogP contribution in [-0.2, 0) is 11.2 Å². The van der Waals surface area contributed by atoms with Crippen molar-refractivity contribution in [3.8, 4) is 5.75 Å². The SMILES string of the molecule is CC1CCc2c(ccc(/C(C=N)=C/NC3CC3)c2OC(C)(C)C(N)=O)N1C. The Morgan fingerprint density at radius 3 is 2.67 bits per heavy atom. The average molecular weight is 370 g/mol. The van der Waals surface area contributed by atoms with Crippen molar-refractivity contribution in [1.29, 1.82) is 5.41 Å². The zero-order valence-electron chi connectivity index (χ0n) is 16.6. The molecule has 146 valence electrons. The van der Waals surface area contributed by atoms with Gasteiger partial charge in [-0.15, -0.1) is 0 Å². The number of amides is 1. The summed E-state index contributed by atoms with van der Waals surface area (Å²) in [6.45, 7) is 5.57. The molecule has 3 rings (SSSR count). The standard InChI is InChI=1S/C21H30N4O2/c1-13-5-8-17-18(25(13)4)10-9-16(14(11-22)12-24-15-6-7-15)19(17)27-21(2,3)20(23)26/h9-13,15,22,24H,5-8H2,1-4H3,(H2,23,26)/b14-12+,22-11?. The average Bonchev–Trinajstić information content (AvgIpc) is 3.44. The Morgan fingerprint density at radius 1 is 1.37 bits per heavy atom. The van der Waals surface area contributed by atoms with Crippen LogP contribution in [0.3, 0.4) is 0 Å². The number of nitrogens with two attached hydrogens (primary N) is 1. The fourth-order valence-electron chi connectivity index (χ4n) is 3.28. The molecule has 4 N–H and O–H groups in total. The van der Waals surface area contributed by atoms with Gasteiger partial charge in [0.05, 0.1) is 0 Å². The van der Waals surface area contributed by atoms with Gasteiger partial charge >= 0.3 is 0 Å². The van der Waals surface area contributed by atoms with Crippen LogP contribution in [0.4, 0.5) is 5.69 Å². The number of carbonyl (C=O) groups excluding carboxylic acids is 1. The molecule has 0 radical (unpaired) electrons. The Kier molecular flexibility index (Phi) is 5.18. The van der Waals surface area contributed by atoms with E-state index in [9.17, 15) is 4.79 Å². The minimum absolute atomic E-state index is 0.439. The molecule has 0 saturated heterocycles. The number of primary amides is 1. The molecular weight excluding hydrogens is 340 g/mol. The van der Waals surface area contributed by atoms with E-state index in [1.165, 1.54) is 6.21 Å². The minimum atomic E-state index is -1.14. The molecule has 1 fully saturated rings. The van der Waals surface area contributed by atoms with Crippen LogP contribution >= 0.6 is 0 Å². The number of fused-ring (bicyclic) bond motifs is 1. The molecule has 1 aromatic carbocycles. The Balaban J connectivity index is 2.10. The molecule has 1 heterocycles. The van der Waals surface area contributed by atoms with E-state index in [2.05, 4.69) is 30.3 Å². The Bertz CT molecular complexity index is 781. The summed E-state index contributed by atoms with van der Waals surface area (Å²) in [5.74, 6) is 0.141. The first-order valence-electron chi connectivity index (χ1n) is 9.59. The summed E-state index contributed by atoms with van der Waals surface area (Å²) >= 11 is 0. The second kappa shape index (κ2) is 7.25. The second-order valence-corrected chi connectivity index (χ2v) is 8.10. The van der Waals surface area contributed by atoms with Crippen molar-refractivity contribution in [3.63, 3.8) is 0 Å². The zero-order valence-corrected chi connectivity index (χ0v) is 16.6. The van der Waals surface area contributed by atoms with Gasteiger partial charge in [0.25, 0.3) is 5.91 Å². The molecule has 1 unspecified atom stereocenters. The van der Waals surface area contributed by atoms with Crippen LogP contribution in [0, 0.1) is 5.41 Å². The van der Waals surface area contributed by atoms with Crippen LogP contribution in [0.5, 0.6) is 5.75 Å². The molecule has 0 aromatic heterocycles. The van der Waals surface area contributed by atoms with Crippen LogP contribution in [-0.4, -0.2) is 36.9 Å². The number of benzene rings is 1. The van der Waals surface area contributed by atoms with Gasteiger partial charge in [-0.3, -0.25) is 4.79 Å². The summed E-state index contributed by atoms with van der Waals surface area (Å²) in [6, 6.07) is 5.00. The van der Waals surface area contributed by atoms with E-state index in [-0.39, 0.29) is 0 Å². The van der Waals surface area contributed by atoms with Gasteiger partial charge in [-0.1, -0.05) is 0 Å². The number of nitrogens with zero attached hydrogens (tertiary/aromatic N) is 1. The fourth-order valence-corrected chi connectivity index (χ4v) is 3.28. The van der Waals surface area contributed by atoms with E-state index in [0.717, 1.165) is 48.1 Å². The smallest absolute Gasteiger partial charge is 0.261 e. The van der Waals surface area contributed by atoms with Crippen LogP contribution in [0.2, 0.25) is 0 Å². The summed E-state index contributed by atoms with van der Waals surface area (Å²) in [4.78, 5) is 14.1. The molecule has 1 saturated carbocycles. The van der Waals surface area contributed by atoms with Crippen LogP contribution < -0.4 is 20.7 Å². The first-order chi connectivity index (χ1) is 12.7. The number of nitrogens with one attached hydrogen (secondary N) is 2. The van der Waals surface area contributed by atoms with E-state index in [1.54, 1.807) is 13.8 Å². The van der Waals surface area contributed by atoms with Gasteiger partial charge in [0.1, 0.15) is 5.75 Å². The molecule has 0 spiro atoms. The molecular formula is C21H30N4O2. The van der Waals surface area contributed by atoms with E-state index in [0.29, 0.717) is 17.8 Å². The molecule has 6 nitrogen and oxygen atoms in total. The molecule has 1 aromatic rings. The third kappa shape index (κ3) is 3.94. The van der Waals surface area contributed by atoms with Crippen molar-refractivity contribution in [2.24, 2.45) is 5.73 Å². The first kappa shape index (κ1) is 19.3. The van der Waals surface area contributed by atoms with Crippen molar-refractivity contribution in [2.75, 3.05) is 11.9 Å². The molecule has 1 aliphatic carbocycles. The zero-order chi connectivity index (χ0) is 19.8. The molecule has 1 atom stereocenters. The summed E-state index contributed by atoms with van der Waals surface area (Å²) < 4.78 is 6.21. The number of ether oxygens (including phenoxy) is 1. The molecule has 1 aliphatic heterocycles. The molecule has 1 amide bonds. The predicted molar refractivity (Wildman–Crippen MR) is 109 cm³/mol. The lowest BCUT2D eigenvalue weighted by atomic mass is 9.92.